The minimum atomic E-state index is -1.61. The van der Waals surface area contributed by atoms with E-state index in [4.69, 9.17) is 15.3 Å². The fourth-order valence-corrected chi connectivity index (χ4v) is 11.2. The molecule has 0 atom stereocenters. The Labute approximate surface area is 494 Å². The number of hydrogen-bond donors (Lipinski definition) is 0. The number of allylic oxidation sites excluding steroid dienone is 4. The number of Topliss-reactive ketones (excluding diaryl/α,β-unsaturated/α-hetero) is 1. The van der Waals surface area contributed by atoms with Gasteiger partial charge in [-0.25, -0.2) is 20.3 Å². The third kappa shape index (κ3) is 11.6. The number of aromatic nitrogens is 7. The van der Waals surface area contributed by atoms with Crippen molar-refractivity contribution in [2.24, 2.45) is 5.41 Å². The largest absolute Gasteiger partial charge is 0.618 e. The Bertz CT molecular complexity index is 3540. The van der Waals surface area contributed by atoms with E-state index < -0.39 is 35.2 Å². The normalized spacial score (nSPS) is 15.2. The molecular formula is C65H74BN9O4SZn. The fourth-order valence-electron chi connectivity index (χ4n) is 10.2. The van der Waals surface area contributed by atoms with Gasteiger partial charge in [0.2, 0.25) is 22.8 Å². The number of carbonyl (C=O) groups is 2. The third-order valence-electron chi connectivity index (χ3n) is 16.3. The summed E-state index contributed by atoms with van der Waals surface area (Å²) in [5.41, 5.74) is 13.5. The van der Waals surface area contributed by atoms with Gasteiger partial charge in [0.05, 0.1) is 17.1 Å². The molecule has 0 N–H and O–H groups in total. The zero-order chi connectivity index (χ0) is 57.9. The van der Waals surface area contributed by atoms with Gasteiger partial charge in [0, 0.05) is 95.9 Å². The molecule has 3 aromatic carbocycles. The second-order valence-electron chi connectivity index (χ2n) is 24.5. The van der Waals surface area contributed by atoms with Crippen LogP contribution >= 0.6 is 11.3 Å². The molecule has 0 bridgehead atoms. The van der Waals surface area contributed by atoms with E-state index in [1.165, 1.54) is 34.1 Å². The van der Waals surface area contributed by atoms with E-state index in [9.17, 15) is 19.7 Å². The first kappa shape index (κ1) is 59.8. The zero-order valence-electron chi connectivity index (χ0n) is 49.9. The van der Waals surface area contributed by atoms with Crippen LogP contribution in [0, 0.1) is 36.3 Å². The van der Waals surface area contributed by atoms with Crippen molar-refractivity contribution < 1.29 is 38.6 Å². The predicted molar refractivity (Wildman–Crippen MR) is 325 cm³/mol. The maximum atomic E-state index is 12.9. The molecule has 13 nitrogen and oxygen atoms in total. The van der Waals surface area contributed by atoms with Crippen LogP contribution in [0.25, 0.3) is 49.8 Å². The molecule has 10 rings (SSSR count). The van der Waals surface area contributed by atoms with Gasteiger partial charge >= 0.3 is 13.0 Å². The van der Waals surface area contributed by atoms with Crippen LogP contribution in [0.2, 0.25) is 0 Å². The van der Waals surface area contributed by atoms with E-state index in [1.807, 2.05) is 39.0 Å². The first-order valence-corrected chi connectivity index (χ1v) is 28.6. The number of thiophene rings is 1. The molecule has 2 aliphatic rings. The Hall–Kier alpha value is -7.28. The Kier molecular flexibility index (Phi) is 16.9. The molecular weight excluding hydrogens is 1080 g/mol. The van der Waals surface area contributed by atoms with Crippen LogP contribution in [-0.2, 0) is 29.1 Å². The molecule has 0 spiro atoms. The second-order valence-corrected chi connectivity index (χ2v) is 25.6. The number of pyridine rings is 1. The van der Waals surface area contributed by atoms with Crippen molar-refractivity contribution >= 4 is 41.4 Å². The predicted octanol–water partition coefficient (Wildman–Crippen LogP) is 14.2. The first-order chi connectivity index (χ1) is 37.7. The van der Waals surface area contributed by atoms with Gasteiger partial charge in [-0.2, -0.15) is 0 Å². The van der Waals surface area contributed by atoms with Crippen molar-refractivity contribution in [3.05, 3.63) is 194 Å². The molecule has 1 aliphatic carbocycles. The van der Waals surface area contributed by atoms with Crippen LogP contribution in [0.1, 0.15) is 152 Å². The summed E-state index contributed by atoms with van der Waals surface area (Å²) < 4.78 is 7.92. The molecule has 0 saturated heterocycles. The van der Waals surface area contributed by atoms with Gasteiger partial charge in [-0.15, -0.1) is 16.1 Å². The van der Waals surface area contributed by atoms with E-state index >= 15 is 0 Å². The van der Waals surface area contributed by atoms with E-state index in [0.717, 1.165) is 75.7 Å². The topological polar surface area (TPSA) is 147 Å². The van der Waals surface area contributed by atoms with Crippen molar-refractivity contribution in [3.63, 3.8) is 0 Å². The summed E-state index contributed by atoms with van der Waals surface area (Å²) in [7, 11) is -1.61. The van der Waals surface area contributed by atoms with E-state index in [0.29, 0.717) is 34.6 Å². The summed E-state index contributed by atoms with van der Waals surface area (Å²) in [4.78, 5) is 43.7. The van der Waals surface area contributed by atoms with Gasteiger partial charge < -0.3 is 19.0 Å². The van der Waals surface area contributed by atoms with E-state index in [1.54, 1.807) is 46.0 Å². The summed E-state index contributed by atoms with van der Waals surface area (Å²) in [6.07, 6.45) is 4.82. The molecule has 0 saturated carbocycles. The molecule has 5 aromatic heterocycles. The summed E-state index contributed by atoms with van der Waals surface area (Å²) in [6.45, 7) is 32.5. The van der Waals surface area contributed by atoms with Crippen LogP contribution in [0.4, 0.5) is 0 Å². The van der Waals surface area contributed by atoms with Crippen molar-refractivity contribution in [2.75, 3.05) is 0 Å². The number of amidine groups is 1. The fraction of sp³-hybridized carbons (Fsp3) is 0.338. The number of hydrogen-bond acceptors (Lipinski definition) is 9. The van der Waals surface area contributed by atoms with E-state index in [2.05, 4.69) is 172 Å². The van der Waals surface area contributed by atoms with Crippen LogP contribution < -0.4 is 0 Å². The molecule has 16 heteroatoms. The maximum Gasteiger partial charge on any atom is 0.523 e. The number of aryl methyl sites for hydroxylation is 3. The van der Waals surface area contributed by atoms with Crippen molar-refractivity contribution in [1.29, 1.82) is 0 Å². The summed E-state index contributed by atoms with van der Waals surface area (Å²) in [6, 6.07) is 40.2. The average Bonchev–Trinajstić information content (AvgIpc) is 4.47. The molecule has 81 heavy (non-hydrogen) atoms. The number of nitrogens with zero attached hydrogens (tertiary/aromatic N) is 9. The van der Waals surface area contributed by atoms with Crippen molar-refractivity contribution in [2.45, 2.75) is 140 Å². The van der Waals surface area contributed by atoms with Gasteiger partial charge in [0.15, 0.2) is 0 Å². The van der Waals surface area contributed by atoms with Gasteiger partial charge in [-0.3, -0.25) is 9.59 Å². The summed E-state index contributed by atoms with van der Waals surface area (Å²) >= 11 is 1.48. The SMILES string of the molecule is CC(C)(C)C1=CC(c2ccc(-c3ccc(C4=[N+]([O-])C(C)(C)C(C)(C)[N+]4=O)nc3)s2)=CC(=O)C1=O.Cc1cc(-c2ccc(C(C)C)cc2)nn1[BH-](n1nc(-c2ccc(C(C)C)cc2)cc1C)n1nc(-c2ccc(C(C)C)cc2)cc1C.[Zn]. The van der Waals surface area contributed by atoms with Crippen LogP contribution in [0.5, 0.6) is 0 Å². The molecule has 8 aromatic rings. The minimum Gasteiger partial charge on any atom is -0.618 e. The Morgan fingerprint density at radius 3 is 1.30 bits per heavy atom. The standard InChI is InChI=1S/C39H46BN6.C26H28N3O4S.Zn/c1-25(2)31-10-16-34(17-11-31)37-22-28(7)44(41-37)40(45-29(8)23-38(42-45)35-18-12-32(13-19-35)26(3)4)46-30(9)24-39(43-46)36-20-14-33(15-21-36)27(5)6;1-24(2,3)17-12-16(13-19(30)22(17)31)21-11-10-20(34-21)15-8-9-18(27-14-15)23-28(32)25(4,5)26(6,7)29(23)33;/h10-27,40H,1-9H3;8-14H,1-7H3;/q-1;+1;. The van der Waals surface area contributed by atoms with Crippen LogP contribution in [0.3, 0.4) is 0 Å². The molecule has 1 aliphatic heterocycles. The second kappa shape index (κ2) is 22.9. The molecule has 0 radical (unpaired) electrons. The Balaban J connectivity index is 0.000000219. The number of rotatable bonds is 12. The van der Waals surface area contributed by atoms with Crippen molar-refractivity contribution in [1.82, 2.24) is 34.1 Å². The number of carbonyl (C=O) groups excluding carboxylic acids is 2. The molecule has 0 fully saturated rings. The van der Waals surface area contributed by atoms with E-state index in [-0.39, 0.29) is 25.3 Å². The van der Waals surface area contributed by atoms with Gasteiger partial charge in [0.1, 0.15) is 4.76 Å². The Morgan fingerprint density at radius 2 is 0.951 bits per heavy atom. The maximum absolute atomic E-state index is 12.9. The molecule has 6 heterocycles. The third-order valence-corrected chi connectivity index (χ3v) is 17.5. The van der Waals surface area contributed by atoms with Gasteiger partial charge in [0.25, 0.3) is 5.54 Å². The number of hydroxylamine groups is 1. The number of ketones is 2. The Morgan fingerprint density at radius 1 is 0.556 bits per heavy atom. The summed E-state index contributed by atoms with van der Waals surface area (Å²) in [5.74, 6) is 0.497. The van der Waals surface area contributed by atoms with Gasteiger partial charge in [-0.05, 0) is 138 Å². The minimum absolute atomic E-state index is 0. The average molecular weight is 1150 g/mol. The monoisotopic (exact) mass is 1150 g/mol. The van der Waals surface area contributed by atoms with Crippen molar-refractivity contribution in [3.8, 4) is 44.2 Å². The number of nitroso groups, excluding NO2 is 1. The molecule has 0 unspecified atom stereocenters. The zero-order valence-corrected chi connectivity index (χ0v) is 53.7. The van der Waals surface area contributed by atoms with Crippen LogP contribution in [0.15, 0.2) is 139 Å². The smallest absolute Gasteiger partial charge is 0.523 e. The van der Waals surface area contributed by atoms with Gasteiger partial charge in [-0.1, -0.05) is 135 Å². The number of benzene rings is 3. The first-order valence-electron chi connectivity index (χ1n) is 27.7. The van der Waals surface area contributed by atoms with Crippen LogP contribution in [-0.4, -0.2) is 79.2 Å². The quantitative estimate of drug-likeness (QED) is 0.0386. The molecule has 414 valence electrons. The summed E-state index contributed by atoms with van der Waals surface area (Å²) in [5, 5.41) is 28.6. The molecule has 0 amide bonds.